The molecule has 0 bridgehead atoms. The van der Waals surface area contributed by atoms with Gasteiger partial charge in [-0.25, -0.2) is 8.78 Å². The summed E-state index contributed by atoms with van der Waals surface area (Å²) in [5.41, 5.74) is 0. The van der Waals surface area contributed by atoms with E-state index < -0.39 is 5.92 Å². The fourth-order valence-corrected chi connectivity index (χ4v) is 2.72. The molecule has 19 heavy (non-hydrogen) atoms. The van der Waals surface area contributed by atoms with Crippen LogP contribution >= 0.6 is 0 Å². The van der Waals surface area contributed by atoms with Gasteiger partial charge in [0.1, 0.15) is 0 Å². The van der Waals surface area contributed by atoms with E-state index in [0.29, 0.717) is 19.4 Å². The zero-order valence-corrected chi connectivity index (χ0v) is 11.3. The number of hydrogen-bond acceptors (Lipinski definition) is 3. The molecular formula is C13H23F2N3O. The first kappa shape index (κ1) is 14.7. The van der Waals surface area contributed by atoms with E-state index in [4.69, 9.17) is 0 Å². The Morgan fingerprint density at radius 1 is 1.26 bits per heavy atom. The maximum Gasteiger partial charge on any atom is 0.248 e. The third-order valence-electron chi connectivity index (χ3n) is 4.02. The predicted octanol–water partition coefficient (Wildman–Crippen LogP) is 0.833. The molecular weight excluding hydrogens is 252 g/mol. The van der Waals surface area contributed by atoms with Gasteiger partial charge in [0.25, 0.3) is 0 Å². The SMILES string of the molecule is O=C(NCCN1CCNCC1)C1CCC(F)(F)CC1. The number of nitrogens with zero attached hydrogens (tertiary/aromatic N) is 1. The Morgan fingerprint density at radius 3 is 2.53 bits per heavy atom. The number of carbonyl (C=O) groups is 1. The molecule has 0 atom stereocenters. The summed E-state index contributed by atoms with van der Waals surface area (Å²) in [6.07, 6.45) is 0.324. The van der Waals surface area contributed by atoms with Crippen LogP contribution in [0, 0.1) is 5.92 Å². The minimum absolute atomic E-state index is 0.0503. The maximum atomic E-state index is 13.0. The molecule has 1 aliphatic heterocycles. The van der Waals surface area contributed by atoms with Gasteiger partial charge < -0.3 is 10.6 Å². The molecule has 1 heterocycles. The summed E-state index contributed by atoms with van der Waals surface area (Å²) in [4.78, 5) is 14.2. The smallest absolute Gasteiger partial charge is 0.248 e. The Bertz CT molecular complexity index is 296. The van der Waals surface area contributed by atoms with Crippen molar-refractivity contribution in [2.45, 2.75) is 31.6 Å². The molecule has 6 heteroatoms. The molecule has 1 saturated heterocycles. The van der Waals surface area contributed by atoms with Crippen LogP contribution in [0.2, 0.25) is 0 Å². The molecule has 2 fully saturated rings. The average Bonchev–Trinajstić information content (AvgIpc) is 2.39. The van der Waals surface area contributed by atoms with E-state index in [1.807, 2.05) is 0 Å². The van der Waals surface area contributed by atoms with Gasteiger partial charge in [-0.2, -0.15) is 0 Å². The molecule has 0 aromatic heterocycles. The van der Waals surface area contributed by atoms with E-state index >= 15 is 0 Å². The van der Waals surface area contributed by atoms with Gasteiger partial charge in [0.05, 0.1) is 0 Å². The van der Waals surface area contributed by atoms with Crippen molar-refractivity contribution in [3.63, 3.8) is 0 Å². The Labute approximate surface area is 112 Å². The van der Waals surface area contributed by atoms with Gasteiger partial charge in [0.15, 0.2) is 0 Å². The Kier molecular flexibility index (Phi) is 5.10. The van der Waals surface area contributed by atoms with Crippen LogP contribution in [0.15, 0.2) is 0 Å². The fourth-order valence-electron chi connectivity index (χ4n) is 2.72. The van der Waals surface area contributed by atoms with Gasteiger partial charge in [0.2, 0.25) is 11.8 Å². The van der Waals surface area contributed by atoms with E-state index in [9.17, 15) is 13.6 Å². The van der Waals surface area contributed by atoms with Crippen LogP contribution in [-0.2, 0) is 4.79 Å². The quantitative estimate of drug-likeness (QED) is 0.799. The van der Waals surface area contributed by atoms with Crippen molar-refractivity contribution in [1.82, 2.24) is 15.5 Å². The summed E-state index contributed by atoms with van der Waals surface area (Å²) in [5, 5.41) is 6.15. The van der Waals surface area contributed by atoms with Gasteiger partial charge >= 0.3 is 0 Å². The van der Waals surface area contributed by atoms with Crippen LogP contribution in [0.5, 0.6) is 0 Å². The summed E-state index contributed by atoms with van der Waals surface area (Å²) < 4.78 is 26.0. The monoisotopic (exact) mass is 275 g/mol. The fraction of sp³-hybridized carbons (Fsp3) is 0.923. The molecule has 2 rings (SSSR count). The van der Waals surface area contributed by atoms with Crippen molar-refractivity contribution in [3.05, 3.63) is 0 Å². The minimum Gasteiger partial charge on any atom is -0.355 e. The number of nitrogens with one attached hydrogen (secondary N) is 2. The van der Waals surface area contributed by atoms with Gasteiger partial charge in [-0.05, 0) is 12.8 Å². The molecule has 110 valence electrons. The molecule has 2 N–H and O–H groups in total. The van der Waals surface area contributed by atoms with Gasteiger partial charge in [-0.1, -0.05) is 0 Å². The van der Waals surface area contributed by atoms with E-state index in [-0.39, 0.29) is 24.7 Å². The number of rotatable bonds is 4. The second kappa shape index (κ2) is 6.61. The first-order valence-electron chi connectivity index (χ1n) is 7.15. The summed E-state index contributed by atoms with van der Waals surface area (Å²) >= 11 is 0. The lowest BCUT2D eigenvalue weighted by molar-refractivity contribution is -0.129. The van der Waals surface area contributed by atoms with Crippen molar-refractivity contribution in [3.8, 4) is 0 Å². The lowest BCUT2D eigenvalue weighted by Gasteiger charge is -2.29. The molecule has 0 unspecified atom stereocenters. The maximum absolute atomic E-state index is 13.0. The van der Waals surface area contributed by atoms with Crippen molar-refractivity contribution in [2.75, 3.05) is 39.3 Å². The van der Waals surface area contributed by atoms with Gasteiger partial charge in [-0.3, -0.25) is 9.69 Å². The number of piperazine rings is 1. The van der Waals surface area contributed by atoms with Crippen molar-refractivity contribution >= 4 is 5.91 Å². The van der Waals surface area contributed by atoms with Crippen LogP contribution < -0.4 is 10.6 Å². The highest BCUT2D eigenvalue weighted by Gasteiger charge is 2.37. The van der Waals surface area contributed by atoms with Crippen LogP contribution in [0.4, 0.5) is 8.78 Å². The van der Waals surface area contributed by atoms with Gasteiger partial charge in [0, 0.05) is 58.0 Å². The number of hydrogen-bond donors (Lipinski definition) is 2. The van der Waals surface area contributed by atoms with E-state index in [1.165, 1.54) is 0 Å². The molecule has 1 amide bonds. The molecule has 2 aliphatic rings. The molecule has 0 spiro atoms. The second-order valence-corrected chi connectivity index (χ2v) is 5.51. The summed E-state index contributed by atoms with van der Waals surface area (Å²) in [7, 11) is 0. The number of halogens is 2. The highest BCUT2D eigenvalue weighted by Crippen LogP contribution is 2.36. The lowest BCUT2D eigenvalue weighted by atomic mass is 9.86. The number of amides is 1. The van der Waals surface area contributed by atoms with E-state index in [0.717, 1.165) is 32.7 Å². The van der Waals surface area contributed by atoms with Crippen molar-refractivity contribution in [2.24, 2.45) is 5.92 Å². The molecule has 4 nitrogen and oxygen atoms in total. The summed E-state index contributed by atoms with van der Waals surface area (Å²) in [6.45, 7) is 5.45. The largest absolute Gasteiger partial charge is 0.355 e. The van der Waals surface area contributed by atoms with Crippen LogP contribution in [0.1, 0.15) is 25.7 Å². The van der Waals surface area contributed by atoms with Crippen LogP contribution in [0.3, 0.4) is 0 Å². The lowest BCUT2D eigenvalue weighted by Crippen LogP contribution is -2.47. The van der Waals surface area contributed by atoms with Crippen LogP contribution in [-0.4, -0.2) is 56.0 Å². The highest BCUT2D eigenvalue weighted by atomic mass is 19.3. The summed E-state index contributed by atoms with van der Waals surface area (Å²) in [5.74, 6) is -2.83. The minimum atomic E-state index is -2.56. The first-order chi connectivity index (χ1) is 9.07. The normalized spacial score (nSPS) is 25.2. The molecule has 0 aromatic carbocycles. The topological polar surface area (TPSA) is 44.4 Å². The van der Waals surface area contributed by atoms with Crippen molar-refractivity contribution in [1.29, 1.82) is 0 Å². The zero-order valence-electron chi connectivity index (χ0n) is 11.3. The number of alkyl halides is 2. The highest BCUT2D eigenvalue weighted by molar-refractivity contribution is 5.78. The first-order valence-corrected chi connectivity index (χ1v) is 7.15. The molecule has 1 saturated carbocycles. The number of carbonyl (C=O) groups excluding carboxylic acids is 1. The van der Waals surface area contributed by atoms with E-state index in [1.54, 1.807) is 0 Å². The second-order valence-electron chi connectivity index (χ2n) is 5.51. The Morgan fingerprint density at radius 2 is 1.89 bits per heavy atom. The Balaban J connectivity index is 1.62. The Hall–Kier alpha value is -0.750. The molecule has 0 radical (unpaired) electrons. The average molecular weight is 275 g/mol. The standard InChI is InChI=1S/C13H23F2N3O/c14-13(15)3-1-11(2-4-13)12(19)17-7-10-18-8-5-16-6-9-18/h11,16H,1-10H2,(H,17,19). The van der Waals surface area contributed by atoms with Crippen LogP contribution in [0.25, 0.3) is 0 Å². The molecule has 0 aromatic rings. The van der Waals surface area contributed by atoms with E-state index in [2.05, 4.69) is 15.5 Å². The third-order valence-corrected chi connectivity index (χ3v) is 4.02. The predicted molar refractivity (Wildman–Crippen MR) is 69.2 cm³/mol. The zero-order chi connectivity index (χ0) is 13.7. The third kappa shape index (κ3) is 4.69. The summed E-state index contributed by atoms with van der Waals surface area (Å²) in [6, 6.07) is 0. The molecule has 1 aliphatic carbocycles. The van der Waals surface area contributed by atoms with Crippen molar-refractivity contribution < 1.29 is 13.6 Å². The van der Waals surface area contributed by atoms with Gasteiger partial charge in [-0.15, -0.1) is 0 Å².